The zero-order chi connectivity index (χ0) is 6.20. The van der Waals surface area contributed by atoms with Crippen LogP contribution in [0.4, 0.5) is 0 Å². The first-order chi connectivity index (χ1) is 3.60. The van der Waals surface area contributed by atoms with Gasteiger partial charge in [-0.15, -0.1) is 0 Å². The van der Waals surface area contributed by atoms with Crippen molar-refractivity contribution in [1.29, 1.82) is 0 Å². The van der Waals surface area contributed by atoms with Crippen LogP contribution in [0.5, 0.6) is 0 Å². The van der Waals surface area contributed by atoms with Gasteiger partial charge in [-0.25, -0.2) is 8.42 Å². The predicted molar refractivity (Wildman–Crippen MR) is 36.0 cm³/mol. The molecule has 0 saturated carbocycles. The normalized spacial score (nSPS) is 35.4. The Labute approximate surface area is 57.3 Å². The van der Waals surface area contributed by atoms with Crippen molar-refractivity contribution in [1.82, 2.24) is 0 Å². The molecule has 0 aromatic rings. The maximum Gasteiger partial charge on any atom is 0.151 e. The third kappa shape index (κ3) is 1.45. The predicted octanol–water partition coefficient (Wildman–Crippen LogP) is 0.568. The Morgan fingerprint density at radius 1 is 1.50 bits per heavy atom. The van der Waals surface area contributed by atoms with E-state index in [0.29, 0.717) is 11.5 Å². The number of alkyl halides is 1. The third-order valence-electron chi connectivity index (χ3n) is 1.18. The molecule has 0 unspecified atom stereocenters. The van der Waals surface area contributed by atoms with Crippen LogP contribution >= 0.6 is 15.9 Å². The van der Waals surface area contributed by atoms with Gasteiger partial charge in [0.1, 0.15) is 0 Å². The SMILES string of the molecule is O=S1(=O)CC[C@H](Br)C1. The fourth-order valence-corrected chi connectivity index (χ4v) is 4.02. The molecule has 1 rings (SSSR count). The lowest BCUT2D eigenvalue weighted by atomic mass is 10.4. The van der Waals surface area contributed by atoms with Gasteiger partial charge in [0.15, 0.2) is 9.84 Å². The molecular weight excluding hydrogens is 192 g/mol. The summed E-state index contributed by atoms with van der Waals surface area (Å²) >= 11 is 3.23. The second-order valence-electron chi connectivity index (χ2n) is 2.00. The van der Waals surface area contributed by atoms with E-state index in [1.54, 1.807) is 0 Å². The van der Waals surface area contributed by atoms with Gasteiger partial charge < -0.3 is 0 Å². The van der Waals surface area contributed by atoms with Crippen molar-refractivity contribution in [2.24, 2.45) is 0 Å². The molecule has 48 valence electrons. The summed E-state index contributed by atoms with van der Waals surface area (Å²) < 4.78 is 21.2. The van der Waals surface area contributed by atoms with E-state index < -0.39 is 9.84 Å². The molecule has 2 nitrogen and oxygen atoms in total. The molecule has 4 heteroatoms. The van der Waals surface area contributed by atoms with E-state index >= 15 is 0 Å². The Bertz CT molecular complexity index is 172. The lowest BCUT2D eigenvalue weighted by molar-refractivity contribution is 0.602. The van der Waals surface area contributed by atoms with Crippen LogP contribution in [-0.4, -0.2) is 24.8 Å². The van der Waals surface area contributed by atoms with Crippen LogP contribution in [0, 0.1) is 0 Å². The van der Waals surface area contributed by atoms with Crippen LogP contribution < -0.4 is 0 Å². The quantitative estimate of drug-likeness (QED) is 0.534. The topological polar surface area (TPSA) is 34.1 Å². The number of hydrogen-bond acceptors (Lipinski definition) is 2. The first kappa shape index (κ1) is 6.55. The molecule has 1 aliphatic heterocycles. The zero-order valence-corrected chi connectivity index (χ0v) is 6.70. The lowest BCUT2D eigenvalue weighted by Gasteiger charge is -1.88. The van der Waals surface area contributed by atoms with E-state index in [1.165, 1.54) is 0 Å². The second-order valence-corrected chi connectivity index (χ2v) is 5.52. The van der Waals surface area contributed by atoms with E-state index in [4.69, 9.17) is 0 Å². The highest BCUT2D eigenvalue weighted by Gasteiger charge is 2.25. The number of hydrogen-bond donors (Lipinski definition) is 0. The lowest BCUT2D eigenvalue weighted by Crippen LogP contribution is -2.02. The minimum atomic E-state index is -2.64. The van der Waals surface area contributed by atoms with Crippen LogP contribution in [0.1, 0.15) is 6.42 Å². The van der Waals surface area contributed by atoms with Gasteiger partial charge in [-0.2, -0.15) is 0 Å². The molecule has 1 atom stereocenters. The molecule has 0 aromatic carbocycles. The highest BCUT2D eigenvalue weighted by molar-refractivity contribution is 9.09. The van der Waals surface area contributed by atoms with Gasteiger partial charge in [0, 0.05) is 4.83 Å². The fraction of sp³-hybridized carbons (Fsp3) is 1.00. The van der Waals surface area contributed by atoms with Crippen LogP contribution in [0.3, 0.4) is 0 Å². The molecule has 1 fully saturated rings. The van der Waals surface area contributed by atoms with Gasteiger partial charge in [0.2, 0.25) is 0 Å². The van der Waals surface area contributed by atoms with Crippen LogP contribution in [0.15, 0.2) is 0 Å². The van der Waals surface area contributed by atoms with Gasteiger partial charge in [-0.05, 0) is 6.42 Å². The van der Waals surface area contributed by atoms with Gasteiger partial charge in [0.25, 0.3) is 0 Å². The standard InChI is InChI=1S/C4H7BrO2S/c5-4-1-2-8(6,7)3-4/h4H,1-3H2/t4-/m0/s1. The minimum Gasteiger partial charge on any atom is -0.229 e. The summed E-state index contributed by atoms with van der Waals surface area (Å²) in [5.74, 6) is 0.690. The summed E-state index contributed by atoms with van der Waals surface area (Å²) in [6.45, 7) is 0. The molecule has 1 aliphatic rings. The van der Waals surface area contributed by atoms with E-state index in [1.807, 2.05) is 0 Å². The number of halogens is 1. The highest BCUT2D eigenvalue weighted by atomic mass is 79.9. The summed E-state index contributed by atoms with van der Waals surface area (Å²) in [5, 5.41) is 0. The molecule has 1 heterocycles. The van der Waals surface area contributed by atoms with Crippen molar-refractivity contribution in [3.63, 3.8) is 0 Å². The summed E-state index contributed by atoms with van der Waals surface area (Å²) in [4.78, 5) is 0.215. The van der Waals surface area contributed by atoms with Crippen molar-refractivity contribution < 1.29 is 8.42 Å². The highest BCUT2D eigenvalue weighted by Crippen LogP contribution is 2.17. The van der Waals surface area contributed by atoms with Crippen molar-refractivity contribution in [2.75, 3.05) is 11.5 Å². The summed E-state index contributed by atoms with van der Waals surface area (Å²) in [6.07, 6.45) is 0.780. The molecular formula is C4H7BrO2S. The fourth-order valence-electron chi connectivity index (χ4n) is 0.750. The summed E-state index contributed by atoms with van der Waals surface area (Å²) in [5.41, 5.74) is 0. The maximum absolute atomic E-state index is 10.6. The second kappa shape index (κ2) is 1.99. The van der Waals surface area contributed by atoms with E-state index in [-0.39, 0.29) is 4.83 Å². The molecule has 0 radical (unpaired) electrons. The molecule has 0 aliphatic carbocycles. The molecule has 0 bridgehead atoms. The Hall–Kier alpha value is 0.430. The Kier molecular flexibility index (Phi) is 1.63. The molecule has 0 spiro atoms. The van der Waals surface area contributed by atoms with Crippen molar-refractivity contribution in [3.05, 3.63) is 0 Å². The average Bonchev–Trinajstić information content (AvgIpc) is 1.82. The average molecular weight is 199 g/mol. The molecule has 8 heavy (non-hydrogen) atoms. The molecule has 0 aromatic heterocycles. The summed E-state index contributed by atoms with van der Waals surface area (Å²) in [6, 6.07) is 0. The van der Waals surface area contributed by atoms with Crippen LogP contribution in [-0.2, 0) is 9.84 Å². The maximum atomic E-state index is 10.6. The van der Waals surface area contributed by atoms with Crippen molar-refractivity contribution >= 4 is 25.8 Å². The van der Waals surface area contributed by atoms with Gasteiger partial charge in [0.05, 0.1) is 11.5 Å². The number of sulfone groups is 1. The van der Waals surface area contributed by atoms with E-state index in [2.05, 4.69) is 15.9 Å². The molecule has 1 saturated heterocycles. The summed E-state index contributed by atoms with van der Waals surface area (Å²) in [7, 11) is -2.64. The van der Waals surface area contributed by atoms with Gasteiger partial charge in [-0.3, -0.25) is 0 Å². The Morgan fingerprint density at radius 2 is 2.12 bits per heavy atom. The van der Waals surface area contributed by atoms with E-state index in [9.17, 15) is 8.42 Å². The zero-order valence-electron chi connectivity index (χ0n) is 4.30. The Morgan fingerprint density at radius 3 is 2.25 bits per heavy atom. The monoisotopic (exact) mass is 198 g/mol. The molecule has 0 amide bonds. The third-order valence-corrected chi connectivity index (χ3v) is 4.15. The largest absolute Gasteiger partial charge is 0.229 e. The van der Waals surface area contributed by atoms with Crippen molar-refractivity contribution in [3.8, 4) is 0 Å². The Balaban J connectivity index is 2.71. The van der Waals surface area contributed by atoms with Crippen molar-refractivity contribution in [2.45, 2.75) is 11.2 Å². The first-order valence-electron chi connectivity index (χ1n) is 2.45. The number of rotatable bonds is 0. The smallest absolute Gasteiger partial charge is 0.151 e. The van der Waals surface area contributed by atoms with Gasteiger partial charge in [-0.1, -0.05) is 15.9 Å². The van der Waals surface area contributed by atoms with Crippen LogP contribution in [0.25, 0.3) is 0 Å². The van der Waals surface area contributed by atoms with E-state index in [0.717, 1.165) is 6.42 Å². The molecule has 0 N–H and O–H groups in total. The van der Waals surface area contributed by atoms with Gasteiger partial charge >= 0.3 is 0 Å². The first-order valence-corrected chi connectivity index (χ1v) is 5.18. The minimum absolute atomic E-state index is 0.215. The van der Waals surface area contributed by atoms with Crippen LogP contribution in [0.2, 0.25) is 0 Å².